The quantitative estimate of drug-likeness (QED) is 0.417. The molecule has 3 rings (SSSR count). The summed E-state index contributed by atoms with van der Waals surface area (Å²) in [6.07, 6.45) is 17.6. The second-order valence-corrected chi connectivity index (χ2v) is 7.69. The molecule has 1 aliphatic carbocycles. The molecule has 1 heterocycles. The first-order valence-electron chi connectivity index (χ1n) is 9.67. The molecule has 1 N–H and O–H groups in total. The summed E-state index contributed by atoms with van der Waals surface area (Å²) < 4.78 is 0. The summed E-state index contributed by atoms with van der Waals surface area (Å²) in [6.45, 7) is 1.96. The van der Waals surface area contributed by atoms with Crippen LogP contribution in [0.4, 0.5) is 5.69 Å². The molecule has 0 radical (unpaired) electrons. The highest BCUT2D eigenvalue weighted by Crippen LogP contribution is 2.22. The van der Waals surface area contributed by atoms with Crippen molar-refractivity contribution in [1.82, 2.24) is 4.90 Å². The van der Waals surface area contributed by atoms with Crippen LogP contribution in [0.1, 0.15) is 6.92 Å². The molecule has 0 unspecified atom stereocenters. The van der Waals surface area contributed by atoms with Gasteiger partial charge in [0.2, 0.25) is 5.91 Å². The van der Waals surface area contributed by atoms with Crippen LogP contribution in [0.25, 0.3) is 0 Å². The molecule has 1 amide bonds. The van der Waals surface area contributed by atoms with E-state index in [9.17, 15) is 9.90 Å². The number of para-hydroxylation sites is 1. The fourth-order valence-corrected chi connectivity index (χ4v) is 4.07. The van der Waals surface area contributed by atoms with Crippen LogP contribution in [-0.2, 0) is 4.79 Å². The van der Waals surface area contributed by atoms with Crippen molar-refractivity contribution in [3.8, 4) is 0 Å². The maximum atomic E-state index is 11.3. The number of rotatable bonds is 7. The third kappa shape index (κ3) is 5.65. The zero-order valence-electron chi connectivity index (χ0n) is 17.1. The lowest BCUT2D eigenvalue weighted by atomic mass is 10.1. The van der Waals surface area contributed by atoms with E-state index in [4.69, 9.17) is 0 Å². The lowest BCUT2D eigenvalue weighted by molar-refractivity contribution is -0.115. The van der Waals surface area contributed by atoms with Gasteiger partial charge in [-0.15, -0.1) is 10.9 Å². The normalized spacial score (nSPS) is 17.4. The van der Waals surface area contributed by atoms with Gasteiger partial charge in [0.15, 0.2) is 0 Å². The molecule has 5 nitrogen and oxygen atoms in total. The fourth-order valence-electron chi connectivity index (χ4n) is 2.99. The van der Waals surface area contributed by atoms with E-state index in [-0.39, 0.29) is 12.5 Å². The minimum absolute atomic E-state index is 0.0375. The van der Waals surface area contributed by atoms with E-state index in [1.807, 2.05) is 85.0 Å². The molecule has 1 aromatic rings. The summed E-state index contributed by atoms with van der Waals surface area (Å²) in [4.78, 5) is 21.5. The maximum Gasteiger partial charge on any atom is 0.243 e. The predicted octanol–water partition coefficient (Wildman–Crippen LogP) is 3.53. The first-order chi connectivity index (χ1) is 14.6. The van der Waals surface area contributed by atoms with Crippen LogP contribution in [0.2, 0.25) is 0 Å². The second-order valence-electron chi connectivity index (χ2n) is 6.63. The van der Waals surface area contributed by atoms with Crippen molar-refractivity contribution < 1.29 is 9.90 Å². The summed E-state index contributed by atoms with van der Waals surface area (Å²) in [6, 6.07) is 10.2. The number of amides is 1. The van der Waals surface area contributed by atoms with Gasteiger partial charge < -0.3 is 14.9 Å². The zero-order valence-corrected chi connectivity index (χ0v) is 17.9. The van der Waals surface area contributed by atoms with Gasteiger partial charge in [-0.25, -0.2) is 4.99 Å². The Balaban J connectivity index is 1.67. The topological polar surface area (TPSA) is 56.1 Å². The van der Waals surface area contributed by atoms with Crippen LogP contribution >= 0.6 is 10.9 Å². The highest BCUT2D eigenvalue weighted by molar-refractivity contribution is 7.99. The van der Waals surface area contributed by atoms with Gasteiger partial charge in [0.25, 0.3) is 0 Å². The van der Waals surface area contributed by atoms with Crippen molar-refractivity contribution in [1.29, 1.82) is 0 Å². The first kappa shape index (κ1) is 21.5. The fraction of sp³-hybridized carbons (Fsp3) is 0.167. The number of aliphatic hydroxyl groups excluding tert-OH is 1. The smallest absolute Gasteiger partial charge is 0.243 e. The summed E-state index contributed by atoms with van der Waals surface area (Å²) in [5.74, 6) is -0.227. The molecule has 6 heteroatoms. The van der Waals surface area contributed by atoms with Crippen LogP contribution in [0.15, 0.2) is 95.8 Å². The van der Waals surface area contributed by atoms with Gasteiger partial charge in [-0.05, 0) is 42.5 Å². The SMILES string of the molecule is CC(=O)N=C1C=CC2=S=C(/C=C/C=C/C=C/N(C)c3ccccc3)N(CCO)C2=C1. The number of benzene rings is 1. The highest BCUT2D eigenvalue weighted by Gasteiger charge is 2.23. The first-order valence-corrected chi connectivity index (χ1v) is 10.5. The van der Waals surface area contributed by atoms with Gasteiger partial charge in [0, 0.05) is 32.4 Å². The number of β-amino-alcohol motifs (C(OH)–C–C–N with tert-alkyl or cyclic N) is 1. The molecule has 154 valence electrons. The van der Waals surface area contributed by atoms with Gasteiger partial charge in [-0.1, -0.05) is 36.4 Å². The van der Waals surface area contributed by atoms with Crippen molar-refractivity contribution >= 4 is 38.1 Å². The van der Waals surface area contributed by atoms with E-state index in [2.05, 4.69) is 22.0 Å². The van der Waals surface area contributed by atoms with E-state index < -0.39 is 0 Å². The van der Waals surface area contributed by atoms with E-state index in [0.29, 0.717) is 12.3 Å². The average Bonchev–Trinajstić information content (AvgIpc) is 3.08. The Bertz CT molecular complexity index is 1040. The molecule has 0 aromatic heterocycles. The standard InChI is InChI=1S/C24H25N3O2S/c1-19(29)25-20-13-14-23-22(18-20)27(16-17-28)24(30-23)12-8-3-4-9-15-26(2)21-10-6-5-7-11-21/h3-15,18,28H,16-17H2,1-2H3/b4-3+,12-8+,15-9+,25-20?. The number of aliphatic hydroxyl groups is 1. The number of hydrogen-bond donors (Lipinski definition) is 1. The third-order valence-electron chi connectivity index (χ3n) is 4.37. The zero-order chi connectivity index (χ0) is 21.3. The molecule has 2 aliphatic rings. The van der Waals surface area contributed by atoms with Crippen molar-refractivity contribution in [3.63, 3.8) is 0 Å². The van der Waals surface area contributed by atoms with Crippen molar-refractivity contribution in [3.05, 3.63) is 90.8 Å². The third-order valence-corrected chi connectivity index (χ3v) is 5.50. The van der Waals surface area contributed by atoms with Crippen LogP contribution in [-0.4, -0.2) is 51.7 Å². The Morgan fingerprint density at radius 3 is 2.67 bits per heavy atom. The van der Waals surface area contributed by atoms with Crippen LogP contribution < -0.4 is 4.90 Å². The Morgan fingerprint density at radius 2 is 1.93 bits per heavy atom. The minimum atomic E-state index is -0.227. The van der Waals surface area contributed by atoms with E-state index in [0.717, 1.165) is 21.2 Å². The van der Waals surface area contributed by atoms with Gasteiger partial charge in [0.05, 0.1) is 27.9 Å². The molecule has 0 atom stereocenters. The van der Waals surface area contributed by atoms with E-state index >= 15 is 0 Å². The molecule has 0 saturated heterocycles. The van der Waals surface area contributed by atoms with Crippen LogP contribution in [0.5, 0.6) is 0 Å². The number of anilines is 1. The number of hydrogen-bond acceptors (Lipinski definition) is 4. The molecular weight excluding hydrogens is 394 g/mol. The molecule has 0 bridgehead atoms. The Hall–Kier alpha value is -3.22. The number of aliphatic imine (C=N–C) groups is 1. The molecule has 30 heavy (non-hydrogen) atoms. The lowest BCUT2D eigenvalue weighted by Gasteiger charge is -2.23. The number of nitrogens with zero attached hydrogens (tertiary/aromatic N) is 3. The molecular formula is C24H25N3O2S. The Labute approximate surface area is 180 Å². The van der Waals surface area contributed by atoms with Crippen LogP contribution in [0, 0.1) is 0 Å². The van der Waals surface area contributed by atoms with Crippen molar-refractivity contribution in [2.45, 2.75) is 6.92 Å². The summed E-state index contributed by atoms with van der Waals surface area (Å²) >= 11 is 0. The lowest BCUT2D eigenvalue weighted by Crippen LogP contribution is -2.31. The second kappa shape index (κ2) is 10.5. The Morgan fingerprint density at radius 1 is 1.17 bits per heavy atom. The molecule has 0 saturated carbocycles. The molecule has 1 aliphatic heterocycles. The summed E-state index contributed by atoms with van der Waals surface area (Å²) in [5, 5.41) is 9.48. The van der Waals surface area contributed by atoms with Gasteiger partial charge >= 0.3 is 0 Å². The number of carbonyl (C=O) groups excluding carboxylic acids is 1. The number of carbonyl (C=O) groups is 1. The van der Waals surface area contributed by atoms with Crippen LogP contribution in [0.3, 0.4) is 0 Å². The summed E-state index contributed by atoms with van der Waals surface area (Å²) in [5.41, 5.74) is 2.72. The molecule has 1 aromatic carbocycles. The number of allylic oxidation sites excluding steroid dienone is 7. The maximum absolute atomic E-state index is 11.3. The van der Waals surface area contributed by atoms with Crippen molar-refractivity contribution in [2.24, 2.45) is 4.99 Å². The minimum Gasteiger partial charge on any atom is -0.395 e. The number of fused-ring (bicyclic) bond motifs is 1. The molecule has 0 fully saturated rings. The highest BCUT2D eigenvalue weighted by atomic mass is 32.1. The van der Waals surface area contributed by atoms with Gasteiger partial charge in [-0.3, -0.25) is 4.79 Å². The summed E-state index contributed by atoms with van der Waals surface area (Å²) in [7, 11) is 3.65. The van der Waals surface area contributed by atoms with E-state index in [1.165, 1.54) is 6.92 Å². The van der Waals surface area contributed by atoms with Gasteiger partial charge in [0.1, 0.15) is 0 Å². The van der Waals surface area contributed by atoms with Gasteiger partial charge in [-0.2, -0.15) is 0 Å². The Kier molecular flexibility index (Phi) is 7.54. The predicted molar refractivity (Wildman–Crippen MR) is 129 cm³/mol. The van der Waals surface area contributed by atoms with E-state index in [1.54, 1.807) is 10.9 Å². The average molecular weight is 420 g/mol. The monoisotopic (exact) mass is 419 g/mol. The van der Waals surface area contributed by atoms with Crippen molar-refractivity contribution in [2.75, 3.05) is 25.1 Å². The molecule has 0 spiro atoms. The largest absolute Gasteiger partial charge is 0.395 e.